The quantitative estimate of drug-likeness (QED) is 0.116. The van der Waals surface area contributed by atoms with Crippen LogP contribution in [0.25, 0.3) is 94.6 Å². The number of nitrogens with zero attached hydrogens (tertiary/aromatic N) is 4. The molecule has 0 bridgehead atoms. The molecule has 7 heteroatoms. The fourth-order valence-corrected chi connectivity index (χ4v) is 10.3. The Morgan fingerprint density at radius 2 is 0.842 bits per heavy atom. The molecule has 0 spiro atoms. The average Bonchev–Trinajstić information content (AvgIpc) is 3.32. The second kappa shape index (κ2) is 20.6. The Morgan fingerprint density at radius 3 is 1.41 bits per heavy atom. The summed E-state index contributed by atoms with van der Waals surface area (Å²) in [4.78, 5) is 14.3. The van der Waals surface area contributed by atoms with E-state index in [1.165, 1.54) is 36.4 Å². The van der Waals surface area contributed by atoms with E-state index in [1.807, 2.05) is 66.9 Å². The van der Waals surface area contributed by atoms with E-state index in [4.69, 9.17) is 13.2 Å². The maximum atomic E-state index is 16.1. The van der Waals surface area contributed by atoms with Gasteiger partial charge >= 0.3 is 0 Å². The first-order valence-corrected chi connectivity index (χ1v) is 25.2. The number of para-hydroxylation sites is 2. The summed E-state index contributed by atoms with van der Waals surface area (Å²) in [6, 6.07) is 62.5. The summed E-state index contributed by atoms with van der Waals surface area (Å²) in [6.07, 6.45) is 6.25. The van der Waals surface area contributed by atoms with Crippen molar-refractivity contribution in [1.82, 2.24) is 19.5 Å². The average molecular weight is 999 g/mol. The summed E-state index contributed by atoms with van der Waals surface area (Å²) in [5, 5.41) is 2.32. The standard InChI is InChI=1S/C69H51F3N4/c1-44-34-65(50-20-26-55(70)27-21-50)73-41-52(44)18-16-46-36-47(17-19-53-42-74-66(35-45(53)2)51-22-28-56(71)29-23-51)38-54(37-46)62-39-57(72)30-33-59(62)64-43-75-67(49-10-4-3-5-11-49)40-63(64)48-24-31-58(32-25-48)76-68-14-8-6-12-60(68)61-13-7-9-15-69(61)76/h3-15,20-43H,16-19H2,1-2H3/i1D3,2D3. The van der Waals surface area contributed by atoms with E-state index in [9.17, 15) is 8.78 Å². The van der Waals surface area contributed by atoms with Gasteiger partial charge in [-0.05, 0) is 204 Å². The van der Waals surface area contributed by atoms with Gasteiger partial charge in [0.1, 0.15) is 17.5 Å². The highest BCUT2D eigenvalue weighted by molar-refractivity contribution is 6.09. The molecule has 368 valence electrons. The topological polar surface area (TPSA) is 43.6 Å². The first-order valence-electron chi connectivity index (χ1n) is 28.2. The van der Waals surface area contributed by atoms with Gasteiger partial charge in [0.2, 0.25) is 0 Å². The number of aryl methyl sites for hydroxylation is 6. The minimum absolute atomic E-state index is 0.126. The summed E-state index contributed by atoms with van der Waals surface area (Å²) in [5.41, 5.74) is 14.3. The van der Waals surface area contributed by atoms with E-state index >= 15 is 4.39 Å². The molecule has 0 aliphatic heterocycles. The Bertz CT molecular complexity index is 4150. The number of aromatic nitrogens is 4. The van der Waals surface area contributed by atoms with Crippen LogP contribution in [0.5, 0.6) is 0 Å². The Labute approximate surface area is 449 Å². The lowest BCUT2D eigenvalue weighted by Crippen LogP contribution is -2.01. The van der Waals surface area contributed by atoms with Crippen LogP contribution in [0.15, 0.2) is 225 Å². The monoisotopic (exact) mass is 998 g/mol. The molecule has 0 aliphatic carbocycles. The zero-order valence-corrected chi connectivity index (χ0v) is 41.1. The van der Waals surface area contributed by atoms with E-state index < -0.39 is 31.2 Å². The Hall–Kier alpha value is -9.20. The number of rotatable bonds is 13. The van der Waals surface area contributed by atoms with Crippen molar-refractivity contribution in [2.45, 2.75) is 39.4 Å². The highest BCUT2D eigenvalue weighted by Gasteiger charge is 2.19. The van der Waals surface area contributed by atoms with Gasteiger partial charge in [0, 0.05) is 65.5 Å². The van der Waals surface area contributed by atoms with Gasteiger partial charge in [0.15, 0.2) is 0 Å². The maximum Gasteiger partial charge on any atom is 0.123 e. The molecule has 8 aromatic carbocycles. The highest BCUT2D eigenvalue weighted by Crippen LogP contribution is 2.42. The van der Waals surface area contributed by atoms with Crippen LogP contribution in [0.3, 0.4) is 0 Å². The van der Waals surface area contributed by atoms with Crippen molar-refractivity contribution in [3.63, 3.8) is 0 Å². The van der Waals surface area contributed by atoms with Crippen molar-refractivity contribution >= 4 is 21.8 Å². The van der Waals surface area contributed by atoms with Crippen molar-refractivity contribution in [3.8, 4) is 72.8 Å². The fraction of sp³-hybridized carbons (Fsp3) is 0.0870. The molecule has 12 rings (SSSR count). The molecule has 76 heavy (non-hydrogen) atoms. The molecule has 4 heterocycles. The van der Waals surface area contributed by atoms with Crippen molar-refractivity contribution in [2.24, 2.45) is 0 Å². The van der Waals surface area contributed by atoms with Crippen LogP contribution in [0.4, 0.5) is 13.2 Å². The van der Waals surface area contributed by atoms with Crippen molar-refractivity contribution < 1.29 is 21.4 Å². The van der Waals surface area contributed by atoms with E-state index in [0.717, 1.165) is 66.6 Å². The predicted molar refractivity (Wildman–Crippen MR) is 304 cm³/mol. The Kier molecular flexibility index (Phi) is 11.2. The van der Waals surface area contributed by atoms with Crippen molar-refractivity contribution in [2.75, 3.05) is 0 Å². The molecule has 4 aromatic heterocycles. The molecule has 12 aromatic rings. The van der Waals surface area contributed by atoms with Crippen LogP contribution in [-0.2, 0) is 25.7 Å². The smallest absolute Gasteiger partial charge is 0.123 e. The van der Waals surface area contributed by atoms with Gasteiger partial charge in [0.05, 0.1) is 28.1 Å². The van der Waals surface area contributed by atoms with E-state index in [2.05, 4.69) is 81.3 Å². The van der Waals surface area contributed by atoms with Crippen LogP contribution in [0, 0.1) is 31.2 Å². The molecule has 0 unspecified atom stereocenters. The van der Waals surface area contributed by atoms with Gasteiger partial charge in [-0.3, -0.25) is 15.0 Å². The molecule has 0 amide bonds. The lowest BCUT2D eigenvalue weighted by atomic mass is 9.87. The summed E-state index contributed by atoms with van der Waals surface area (Å²) in [5.74, 6) is -1.30. The molecule has 0 saturated carbocycles. The number of hydrogen-bond donors (Lipinski definition) is 0. The zero-order chi connectivity index (χ0) is 56.7. The fourth-order valence-electron chi connectivity index (χ4n) is 10.3. The van der Waals surface area contributed by atoms with Crippen molar-refractivity contribution in [1.29, 1.82) is 0 Å². The van der Waals surface area contributed by atoms with E-state index in [1.54, 1.807) is 54.9 Å². The summed E-state index contributed by atoms with van der Waals surface area (Å²) in [6.45, 7) is -4.99. The second-order valence-corrected chi connectivity index (χ2v) is 19.1. The first-order chi connectivity index (χ1) is 39.6. The van der Waals surface area contributed by atoms with Crippen LogP contribution in [0.1, 0.15) is 41.6 Å². The number of pyridine rings is 3. The van der Waals surface area contributed by atoms with E-state index in [-0.39, 0.29) is 24.0 Å². The molecule has 0 radical (unpaired) electrons. The second-order valence-electron chi connectivity index (χ2n) is 19.1. The molecular formula is C69H51F3N4. The minimum atomic E-state index is -2.50. The lowest BCUT2D eigenvalue weighted by molar-refractivity contribution is 0.627. The van der Waals surface area contributed by atoms with Crippen LogP contribution in [-0.4, -0.2) is 19.5 Å². The van der Waals surface area contributed by atoms with Gasteiger partial charge in [-0.2, -0.15) is 0 Å². The molecule has 0 fully saturated rings. The molecule has 0 aliphatic rings. The Morgan fingerprint density at radius 1 is 0.368 bits per heavy atom. The van der Waals surface area contributed by atoms with Crippen molar-refractivity contribution in [3.05, 3.63) is 276 Å². The van der Waals surface area contributed by atoms with Gasteiger partial charge in [-0.15, -0.1) is 0 Å². The normalized spacial score (nSPS) is 12.9. The number of benzene rings is 8. The van der Waals surface area contributed by atoms with Gasteiger partial charge in [0.25, 0.3) is 0 Å². The molecule has 0 atom stereocenters. The molecule has 0 saturated heterocycles. The van der Waals surface area contributed by atoms with Crippen LogP contribution >= 0.6 is 0 Å². The summed E-state index contributed by atoms with van der Waals surface area (Å²) < 4.78 is 97.4. The first kappa shape index (κ1) is 41.2. The number of hydrogen-bond acceptors (Lipinski definition) is 3. The maximum absolute atomic E-state index is 16.1. The van der Waals surface area contributed by atoms with Gasteiger partial charge in [-0.25, -0.2) is 13.2 Å². The molecule has 4 nitrogen and oxygen atoms in total. The van der Waals surface area contributed by atoms with Crippen LogP contribution < -0.4 is 0 Å². The highest BCUT2D eigenvalue weighted by atomic mass is 19.1. The molecule has 0 N–H and O–H groups in total. The largest absolute Gasteiger partial charge is 0.309 e. The Balaban J connectivity index is 0.968. The summed E-state index contributed by atoms with van der Waals surface area (Å²) >= 11 is 0. The zero-order valence-electron chi connectivity index (χ0n) is 47.1. The summed E-state index contributed by atoms with van der Waals surface area (Å²) in [7, 11) is 0. The van der Waals surface area contributed by atoms with Gasteiger partial charge < -0.3 is 4.57 Å². The number of fused-ring (bicyclic) bond motifs is 3. The third kappa shape index (κ3) is 9.71. The van der Waals surface area contributed by atoms with Crippen LogP contribution in [0.2, 0.25) is 0 Å². The van der Waals surface area contributed by atoms with E-state index in [0.29, 0.717) is 63.2 Å². The lowest BCUT2D eigenvalue weighted by Gasteiger charge is -2.18. The third-order valence-corrected chi connectivity index (χ3v) is 14.2. The minimum Gasteiger partial charge on any atom is -0.309 e. The third-order valence-electron chi connectivity index (χ3n) is 14.2. The molecular weight excluding hydrogens is 942 g/mol. The van der Waals surface area contributed by atoms with Gasteiger partial charge in [-0.1, -0.05) is 103 Å². The predicted octanol–water partition coefficient (Wildman–Crippen LogP) is 17.6. The SMILES string of the molecule is [2H]C([2H])([2H])c1cc(-c2ccc(F)cc2)ncc1CCc1cc(CCc2cnc(-c3ccc(F)cc3)cc2C([2H])([2H])[2H])cc(-c2cc(F)ccc2-c2cnc(-c3ccccc3)cc2-c2ccc(-n3c4ccccc4c4ccccc43)cc2)c1. The number of halogens is 3.